The fraction of sp³-hybridized carbons (Fsp3) is 0.214. The number of nitrogens with two attached hydrogens (primary N) is 1. The molecule has 0 bridgehead atoms. The Bertz CT molecular complexity index is 610. The van der Waals surface area contributed by atoms with E-state index in [1.807, 2.05) is 18.2 Å². The highest BCUT2D eigenvalue weighted by Crippen LogP contribution is 2.31. The van der Waals surface area contributed by atoms with Gasteiger partial charge in [-0.3, -0.25) is 10.2 Å². The van der Waals surface area contributed by atoms with Gasteiger partial charge in [-0.15, -0.1) is 0 Å². The van der Waals surface area contributed by atoms with E-state index in [-0.39, 0.29) is 12.3 Å². The Hall–Kier alpha value is -1.98. The molecule has 106 valence electrons. The van der Waals surface area contributed by atoms with E-state index in [1.165, 1.54) is 0 Å². The molecule has 0 spiro atoms. The van der Waals surface area contributed by atoms with Crippen molar-refractivity contribution in [2.75, 3.05) is 7.11 Å². The van der Waals surface area contributed by atoms with Crippen LogP contribution in [0.25, 0.3) is 11.3 Å². The van der Waals surface area contributed by atoms with E-state index in [0.29, 0.717) is 23.0 Å². The number of carbonyl (C=O) groups excluding carboxylic acids is 1. The Morgan fingerprint density at radius 2 is 2.20 bits per heavy atom. The first-order valence-corrected chi connectivity index (χ1v) is 6.44. The summed E-state index contributed by atoms with van der Waals surface area (Å²) in [5.41, 5.74) is 2.93. The quantitative estimate of drug-likeness (QED) is 0.505. The predicted molar refractivity (Wildman–Crippen MR) is 76.4 cm³/mol. The fourth-order valence-electron chi connectivity index (χ4n) is 1.80. The minimum Gasteiger partial charge on any atom is -0.495 e. The van der Waals surface area contributed by atoms with E-state index in [0.717, 1.165) is 11.3 Å². The van der Waals surface area contributed by atoms with Crippen molar-refractivity contribution in [3.63, 3.8) is 0 Å². The number of methoxy groups -OCH3 is 1. The van der Waals surface area contributed by atoms with Crippen LogP contribution in [-0.2, 0) is 11.2 Å². The van der Waals surface area contributed by atoms with Gasteiger partial charge in [0.15, 0.2) is 0 Å². The minimum absolute atomic E-state index is 0.226. The van der Waals surface area contributed by atoms with E-state index in [1.54, 1.807) is 19.2 Å². The van der Waals surface area contributed by atoms with Crippen LogP contribution in [0.1, 0.15) is 12.2 Å². The molecule has 0 aliphatic carbocycles. The minimum atomic E-state index is -0.226. The topological polar surface area (TPSA) is 77.5 Å². The number of furan rings is 1. The van der Waals surface area contributed by atoms with Gasteiger partial charge in [-0.05, 0) is 30.3 Å². The summed E-state index contributed by atoms with van der Waals surface area (Å²) in [7, 11) is 1.56. The molecule has 0 unspecified atom stereocenters. The van der Waals surface area contributed by atoms with Crippen LogP contribution in [0.2, 0.25) is 5.02 Å². The number of hydrogen-bond acceptors (Lipinski definition) is 4. The highest BCUT2D eigenvalue weighted by atomic mass is 35.5. The van der Waals surface area contributed by atoms with E-state index >= 15 is 0 Å². The summed E-state index contributed by atoms with van der Waals surface area (Å²) in [5, 5.41) is 0.519. The lowest BCUT2D eigenvalue weighted by atomic mass is 10.1. The van der Waals surface area contributed by atoms with Gasteiger partial charge in [0.2, 0.25) is 5.91 Å². The molecule has 1 heterocycles. The third-order valence-corrected chi connectivity index (χ3v) is 3.15. The largest absolute Gasteiger partial charge is 0.495 e. The van der Waals surface area contributed by atoms with Crippen LogP contribution in [0.3, 0.4) is 0 Å². The molecular weight excluding hydrogens is 280 g/mol. The molecule has 0 fully saturated rings. The number of halogens is 1. The van der Waals surface area contributed by atoms with Crippen molar-refractivity contribution in [3.05, 3.63) is 41.1 Å². The lowest BCUT2D eigenvalue weighted by Crippen LogP contribution is -2.30. The Morgan fingerprint density at radius 3 is 2.85 bits per heavy atom. The molecule has 20 heavy (non-hydrogen) atoms. The second-order valence-corrected chi connectivity index (χ2v) is 4.59. The second kappa shape index (κ2) is 6.45. The Morgan fingerprint density at radius 1 is 1.40 bits per heavy atom. The molecule has 1 amide bonds. The van der Waals surface area contributed by atoms with E-state index in [2.05, 4.69) is 5.43 Å². The van der Waals surface area contributed by atoms with Gasteiger partial charge in [0.25, 0.3) is 0 Å². The average molecular weight is 295 g/mol. The standard InChI is InChI=1S/C14H15ClN2O3/c1-19-13-5-2-9(8-11(13)15)12-6-3-10(20-12)4-7-14(18)17-16/h2-3,5-6,8H,4,7,16H2,1H3,(H,17,18). The van der Waals surface area contributed by atoms with Crippen molar-refractivity contribution in [2.24, 2.45) is 5.84 Å². The van der Waals surface area contributed by atoms with Crippen LogP contribution in [0.15, 0.2) is 34.7 Å². The Labute approximate surface area is 121 Å². The van der Waals surface area contributed by atoms with Crippen LogP contribution >= 0.6 is 11.6 Å². The number of aryl methyl sites for hydroxylation is 1. The van der Waals surface area contributed by atoms with Crippen LogP contribution < -0.4 is 16.0 Å². The summed E-state index contributed by atoms with van der Waals surface area (Å²) in [4.78, 5) is 11.1. The van der Waals surface area contributed by atoms with Crippen molar-refractivity contribution in [1.29, 1.82) is 0 Å². The normalized spacial score (nSPS) is 10.3. The fourth-order valence-corrected chi connectivity index (χ4v) is 2.05. The molecule has 0 aliphatic heterocycles. The zero-order valence-electron chi connectivity index (χ0n) is 11.0. The van der Waals surface area contributed by atoms with Gasteiger partial charge in [0, 0.05) is 18.4 Å². The molecule has 2 aromatic rings. The Kier molecular flexibility index (Phi) is 4.65. The van der Waals surface area contributed by atoms with Crippen molar-refractivity contribution in [1.82, 2.24) is 5.43 Å². The van der Waals surface area contributed by atoms with Crippen molar-refractivity contribution >= 4 is 17.5 Å². The predicted octanol–water partition coefficient (Wildman–Crippen LogP) is 2.53. The number of ether oxygens (including phenoxy) is 1. The number of rotatable bonds is 5. The molecule has 0 atom stereocenters. The van der Waals surface area contributed by atoms with Crippen LogP contribution in [0.5, 0.6) is 5.75 Å². The van der Waals surface area contributed by atoms with Crippen LogP contribution in [0, 0.1) is 0 Å². The lowest BCUT2D eigenvalue weighted by molar-refractivity contribution is -0.121. The molecule has 2 rings (SSSR count). The molecule has 1 aromatic heterocycles. The summed E-state index contributed by atoms with van der Waals surface area (Å²) < 4.78 is 10.8. The zero-order valence-corrected chi connectivity index (χ0v) is 11.7. The first-order chi connectivity index (χ1) is 9.63. The van der Waals surface area contributed by atoms with Gasteiger partial charge >= 0.3 is 0 Å². The molecular formula is C14H15ClN2O3. The van der Waals surface area contributed by atoms with Gasteiger partial charge in [-0.2, -0.15) is 0 Å². The van der Waals surface area contributed by atoms with Gasteiger partial charge in [-0.1, -0.05) is 11.6 Å². The highest BCUT2D eigenvalue weighted by molar-refractivity contribution is 6.32. The Balaban J connectivity index is 2.12. The van der Waals surface area contributed by atoms with E-state index < -0.39 is 0 Å². The molecule has 1 aromatic carbocycles. The molecule has 6 heteroatoms. The maximum atomic E-state index is 11.1. The summed E-state index contributed by atoms with van der Waals surface area (Å²) in [6.45, 7) is 0. The van der Waals surface area contributed by atoms with Crippen molar-refractivity contribution < 1.29 is 13.9 Å². The molecule has 5 nitrogen and oxygen atoms in total. The van der Waals surface area contributed by atoms with Gasteiger partial charge in [0.1, 0.15) is 17.3 Å². The summed E-state index contributed by atoms with van der Waals surface area (Å²) in [6.07, 6.45) is 0.778. The maximum absolute atomic E-state index is 11.1. The SMILES string of the molecule is COc1ccc(-c2ccc(CCC(=O)NN)o2)cc1Cl. The zero-order chi connectivity index (χ0) is 14.5. The van der Waals surface area contributed by atoms with Crippen molar-refractivity contribution in [2.45, 2.75) is 12.8 Å². The number of hydrazine groups is 1. The summed E-state index contributed by atoms with van der Waals surface area (Å²) in [5.74, 6) is 6.82. The number of amides is 1. The van der Waals surface area contributed by atoms with Crippen LogP contribution in [-0.4, -0.2) is 13.0 Å². The summed E-state index contributed by atoms with van der Waals surface area (Å²) >= 11 is 6.07. The number of benzene rings is 1. The van der Waals surface area contributed by atoms with E-state index in [9.17, 15) is 4.79 Å². The summed E-state index contributed by atoms with van der Waals surface area (Å²) in [6, 6.07) is 9.09. The molecule has 0 aliphatic rings. The number of nitrogens with one attached hydrogen (secondary N) is 1. The highest BCUT2D eigenvalue weighted by Gasteiger charge is 2.09. The number of hydrogen-bond donors (Lipinski definition) is 2. The molecule has 3 N–H and O–H groups in total. The first kappa shape index (κ1) is 14.4. The monoisotopic (exact) mass is 294 g/mol. The van der Waals surface area contributed by atoms with Crippen molar-refractivity contribution in [3.8, 4) is 17.1 Å². The smallest absolute Gasteiger partial charge is 0.234 e. The van der Waals surface area contributed by atoms with E-state index in [4.69, 9.17) is 26.6 Å². The lowest BCUT2D eigenvalue weighted by Gasteiger charge is -2.04. The average Bonchev–Trinajstić information content (AvgIpc) is 2.93. The van der Waals surface area contributed by atoms with Crippen LogP contribution in [0.4, 0.5) is 0 Å². The maximum Gasteiger partial charge on any atom is 0.234 e. The number of carbonyl (C=O) groups is 1. The molecule has 0 radical (unpaired) electrons. The molecule has 0 saturated carbocycles. The molecule has 0 saturated heterocycles. The first-order valence-electron chi connectivity index (χ1n) is 6.06. The van der Waals surface area contributed by atoms with Gasteiger partial charge in [0.05, 0.1) is 12.1 Å². The third-order valence-electron chi connectivity index (χ3n) is 2.86. The third kappa shape index (κ3) is 3.31. The van der Waals surface area contributed by atoms with Gasteiger partial charge in [-0.25, -0.2) is 5.84 Å². The van der Waals surface area contributed by atoms with Gasteiger partial charge < -0.3 is 9.15 Å². The second-order valence-electron chi connectivity index (χ2n) is 4.18.